The summed E-state index contributed by atoms with van der Waals surface area (Å²) in [7, 11) is 0.787. The Kier molecular flexibility index (Phi) is 5.79. The van der Waals surface area contributed by atoms with Gasteiger partial charge >= 0.3 is 5.97 Å². The van der Waals surface area contributed by atoms with Crippen molar-refractivity contribution < 1.29 is 22.7 Å². The van der Waals surface area contributed by atoms with Gasteiger partial charge in [-0.05, 0) is 24.3 Å². The highest BCUT2D eigenvalue weighted by molar-refractivity contribution is 7.86. The van der Waals surface area contributed by atoms with E-state index in [1.807, 2.05) is 0 Å². The van der Waals surface area contributed by atoms with Crippen molar-refractivity contribution in [2.45, 2.75) is 13.0 Å². The summed E-state index contributed by atoms with van der Waals surface area (Å²) in [6, 6.07) is 6.08. The lowest BCUT2D eigenvalue weighted by Gasteiger charge is -2.27. The van der Waals surface area contributed by atoms with Crippen LogP contribution in [0.4, 0.5) is 5.13 Å². The molecule has 28 heavy (non-hydrogen) atoms. The van der Waals surface area contributed by atoms with Gasteiger partial charge in [-0.2, -0.15) is 17.0 Å². The molecule has 1 N–H and O–H groups in total. The molecular weight excluding hydrogens is 404 g/mol. The number of rotatable bonds is 5. The van der Waals surface area contributed by atoms with E-state index in [2.05, 4.69) is 15.0 Å². The predicted molar refractivity (Wildman–Crippen MR) is 105 cm³/mol. The minimum atomic E-state index is -3.49. The van der Waals surface area contributed by atoms with Gasteiger partial charge in [0, 0.05) is 37.5 Å². The van der Waals surface area contributed by atoms with Gasteiger partial charge in [0.1, 0.15) is 0 Å². The second kappa shape index (κ2) is 7.95. The first-order chi connectivity index (χ1) is 13.2. The molecule has 150 valence electrons. The molecule has 1 amide bonds. The summed E-state index contributed by atoms with van der Waals surface area (Å²) >= 11 is 1.26. The molecular formula is C17H20N4O5S2. The van der Waals surface area contributed by atoms with E-state index in [0.29, 0.717) is 29.2 Å². The highest BCUT2D eigenvalue weighted by atomic mass is 32.2. The highest BCUT2D eigenvalue weighted by Crippen LogP contribution is 2.30. The quantitative estimate of drug-likeness (QED) is 0.726. The van der Waals surface area contributed by atoms with Gasteiger partial charge < -0.3 is 4.74 Å². The molecule has 1 aliphatic rings. The molecule has 1 aliphatic heterocycles. The fourth-order valence-electron chi connectivity index (χ4n) is 2.70. The molecule has 0 saturated carbocycles. The molecule has 9 nitrogen and oxygen atoms in total. The summed E-state index contributed by atoms with van der Waals surface area (Å²) in [6.45, 7) is 0.580. The maximum atomic E-state index is 12.4. The molecule has 0 bridgehead atoms. The van der Waals surface area contributed by atoms with E-state index in [1.165, 1.54) is 65.4 Å². The molecule has 2 heterocycles. The fourth-order valence-corrected chi connectivity index (χ4v) is 4.87. The van der Waals surface area contributed by atoms with Crippen LogP contribution in [0.25, 0.3) is 0 Å². The van der Waals surface area contributed by atoms with E-state index in [-0.39, 0.29) is 12.5 Å². The van der Waals surface area contributed by atoms with Gasteiger partial charge in [-0.1, -0.05) is 0 Å². The van der Waals surface area contributed by atoms with Crippen LogP contribution in [0, 0.1) is 0 Å². The number of benzene rings is 1. The third-order valence-corrected chi connectivity index (χ3v) is 7.16. The average molecular weight is 425 g/mol. The van der Waals surface area contributed by atoms with Crippen molar-refractivity contribution in [1.82, 2.24) is 13.6 Å². The monoisotopic (exact) mass is 424 g/mol. The van der Waals surface area contributed by atoms with Crippen molar-refractivity contribution in [1.29, 1.82) is 0 Å². The van der Waals surface area contributed by atoms with Crippen LogP contribution in [-0.4, -0.2) is 61.6 Å². The lowest BCUT2D eigenvalue weighted by molar-refractivity contribution is 0.0600. The average Bonchev–Trinajstić information content (AvgIpc) is 3.08. The van der Waals surface area contributed by atoms with E-state index in [1.54, 1.807) is 0 Å². The van der Waals surface area contributed by atoms with Gasteiger partial charge in [0.2, 0.25) is 0 Å². The van der Waals surface area contributed by atoms with Gasteiger partial charge in [-0.3, -0.25) is 10.1 Å². The zero-order valence-electron chi connectivity index (χ0n) is 15.6. The summed E-state index contributed by atoms with van der Waals surface area (Å²) in [5.74, 6) is -0.836. The molecule has 0 saturated heterocycles. The topological polar surface area (TPSA) is 109 Å². The number of anilines is 1. The molecule has 11 heteroatoms. The SMILES string of the molecule is COC(=O)c1ccc(C(=O)Nc2nc3c(s2)CN(S(=O)(=O)N(C)C)CC3)cc1. The Balaban J connectivity index is 1.71. The van der Waals surface area contributed by atoms with E-state index in [4.69, 9.17) is 0 Å². The number of carbonyl (C=O) groups excluding carboxylic acids is 2. The number of hydrogen-bond donors (Lipinski definition) is 1. The van der Waals surface area contributed by atoms with Crippen LogP contribution in [0.15, 0.2) is 24.3 Å². The lowest BCUT2D eigenvalue weighted by atomic mass is 10.1. The Labute approximate surface area is 167 Å². The predicted octanol–water partition coefficient (Wildman–Crippen LogP) is 1.35. The van der Waals surface area contributed by atoms with Crippen LogP contribution in [0.5, 0.6) is 0 Å². The van der Waals surface area contributed by atoms with Crippen LogP contribution >= 0.6 is 11.3 Å². The summed E-state index contributed by atoms with van der Waals surface area (Å²) in [5, 5.41) is 3.14. The van der Waals surface area contributed by atoms with Crippen molar-refractivity contribution >= 4 is 38.6 Å². The molecule has 0 radical (unpaired) electrons. The number of amides is 1. The first-order valence-electron chi connectivity index (χ1n) is 8.38. The Morgan fingerprint density at radius 2 is 1.86 bits per heavy atom. The minimum absolute atomic E-state index is 0.233. The second-order valence-electron chi connectivity index (χ2n) is 6.29. The number of hydrogen-bond acceptors (Lipinski definition) is 7. The zero-order valence-corrected chi connectivity index (χ0v) is 17.3. The maximum absolute atomic E-state index is 12.4. The number of ether oxygens (including phenoxy) is 1. The molecule has 3 rings (SSSR count). The normalized spacial score (nSPS) is 14.6. The van der Waals surface area contributed by atoms with Gasteiger partial charge in [0.05, 0.1) is 24.9 Å². The highest BCUT2D eigenvalue weighted by Gasteiger charge is 2.30. The number of thiazole rings is 1. The van der Waals surface area contributed by atoms with Crippen LogP contribution in [0.2, 0.25) is 0 Å². The summed E-state index contributed by atoms with van der Waals surface area (Å²) in [5.41, 5.74) is 1.52. The number of nitrogens with one attached hydrogen (secondary N) is 1. The molecule has 0 atom stereocenters. The molecule has 0 spiro atoms. The van der Waals surface area contributed by atoms with Crippen molar-refractivity contribution in [3.05, 3.63) is 46.0 Å². The second-order valence-corrected chi connectivity index (χ2v) is 9.51. The number of methoxy groups -OCH3 is 1. The number of carbonyl (C=O) groups is 2. The Morgan fingerprint density at radius 3 is 2.46 bits per heavy atom. The first kappa shape index (κ1) is 20.4. The molecule has 0 aliphatic carbocycles. The molecule has 0 unspecified atom stereocenters. The van der Waals surface area contributed by atoms with Gasteiger partial charge in [0.15, 0.2) is 5.13 Å². The van der Waals surface area contributed by atoms with Crippen LogP contribution in [-0.2, 0) is 27.9 Å². The number of aromatic nitrogens is 1. The van der Waals surface area contributed by atoms with Crippen molar-refractivity contribution in [2.24, 2.45) is 0 Å². The maximum Gasteiger partial charge on any atom is 0.337 e. The summed E-state index contributed by atoms with van der Waals surface area (Å²) in [4.78, 5) is 29.1. The smallest absolute Gasteiger partial charge is 0.337 e. The van der Waals surface area contributed by atoms with Gasteiger partial charge in [-0.25, -0.2) is 9.78 Å². The number of fused-ring (bicyclic) bond motifs is 1. The minimum Gasteiger partial charge on any atom is -0.465 e. The van der Waals surface area contributed by atoms with Crippen LogP contribution in [0.3, 0.4) is 0 Å². The standard InChI is InChI=1S/C17H20N4O5S2/c1-20(2)28(24,25)21-9-8-13-14(10-21)27-17(18-13)19-15(22)11-4-6-12(7-5-11)16(23)26-3/h4-7H,8-10H2,1-3H3,(H,18,19,22). The number of esters is 1. The third kappa shape index (κ3) is 4.07. The lowest BCUT2D eigenvalue weighted by Crippen LogP contribution is -2.42. The molecule has 2 aromatic rings. The van der Waals surface area contributed by atoms with E-state index < -0.39 is 16.2 Å². The van der Waals surface area contributed by atoms with Gasteiger partial charge in [-0.15, -0.1) is 11.3 Å². The van der Waals surface area contributed by atoms with E-state index >= 15 is 0 Å². The van der Waals surface area contributed by atoms with E-state index in [9.17, 15) is 18.0 Å². The Morgan fingerprint density at radius 1 is 1.21 bits per heavy atom. The largest absolute Gasteiger partial charge is 0.465 e. The van der Waals surface area contributed by atoms with Crippen molar-refractivity contribution in [3.8, 4) is 0 Å². The first-order valence-corrected chi connectivity index (χ1v) is 10.6. The summed E-state index contributed by atoms with van der Waals surface area (Å²) in [6.07, 6.45) is 0.489. The zero-order chi connectivity index (χ0) is 20.5. The third-order valence-electron chi connectivity index (χ3n) is 4.27. The van der Waals surface area contributed by atoms with Crippen LogP contribution < -0.4 is 5.32 Å². The van der Waals surface area contributed by atoms with Crippen LogP contribution in [0.1, 0.15) is 31.3 Å². The number of nitrogens with zero attached hydrogens (tertiary/aromatic N) is 3. The molecule has 1 aromatic heterocycles. The van der Waals surface area contributed by atoms with Crippen molar-refractivity contribution in [3.63, 3.8) is 0 Å². The fraction of sp³-hybridized carbons (Fsp3) is 0.353. The summed E-state index contributed by atoms with van der Waals surface area (Å²) < 4.78 is 31.8. The molecule has 0 fully saturated rings. The van der Waals surface area contributed by atoms with Crippen molar-refractivity contribution in [2.75, 3.05) is 33.1 Å². The Bertz CT molecular complexity index is 999. The molecule has 1 aromatic carbocycles. The van der Waals surface area contributed by atoms with Gasteiger partial charge in [0.25, 0.3) is 16.1 Å². The Hall–Kier alpha value is -2.34. The van der Waals surface area contributed by atoms with E-state index in [0.717, 1.165) is 10.6 Å².